The number of likely N-dealkylation sites (tertiary alicyclic amines) is 1. The predicted molar refractivity (Wildman–Crippen MR) is 123 cm³/mol. The first-order valence-electron chi connectivity index (χ1n) is 11.2. The van der Waals surface area contributed by atoms with Gasteiger partial charge in [0.25, 0.3) is 5.91 Å². The van der Waals surface area contributed by atoms with Crippen molar-refractivity contribution in [2.75, 3.05) is 20.8 Å². The molecule has 0 saturated carbocycles. The number of nitrogens with zero attached hydrogens (tertiary/aromatic N) is 5. The second-order valence-electron chi connectivity index (χ2n) is 8.69. The summed E-state index contributed by atoms with van der Waals surface area (Å²) in [5.41, 5.74) is -0.310. The first-order valence-corrected chi connectivity index (χ1v) is 11.2. The second-order valence-corrected chi connectivity index (χ2v) is 8.69. The number of hydrogen-bond donors (Lipinski definition) is 1. The highest BCUT2D eigenvalue weighted by molar-refractivity contribution is 5.99. The van der Waals surface area contributed by atoms with Gasteiger partial charge in [-0.2, -0.15) is 28.2 Å². The zero-order chi connectivity index (χ0) is 25.7. The summed E-state index contributed by atoms with van der Waals surface area (Å²) in [6, 6.07) is 6.57. The number of hydrogen-bond acceptors (Lipinski definition) is 6. The molecule has 4 aromatic rings. The lowest BCUT2D eigenvalue weighted by Crippen LogP contribution is -2.44. The molecule has 2 aromatic carbocycles. The molecular formula is C24H23F3N6O3. The summed E-state index contributed by atoms with van der Waals surface area (Å²) in [7, 11) is 2.96. The number of halogens is 3. The van der Waals surface area contributed by atoms with Crippen LogP contribution in [-0.4, -0.2) is 56.5 Å². The highest BCUT2D eigenvalue weighted by Crippen LogP contribution is 2.41. The molecule has 188 valence electrons. The van der Waals surface area contributed by atoms with Crippen LogP contribution in [0.4, 0.5) is 13.2 Å². The lowest BCUT2D eigenvalue weighted by Gasteiger charge is -2.34. The Labute approximate surface area is 203 Å². The summed E-state index contributed by atoms with van der Waals surface area (Å²) in [4.78, 5) is 24.6. The minimum atomic E-state index is -4.47. The standard InChI is InChI=1S/C24H23F3N6O3/c1-23(22-30-16-6-5-14(24(25,26)27)11-17(16)31-22)7-4-10-32(23)21(34)15-12-19(35-2)20(36-3)13-18(15)33-28-8-9-29-33/h5-6,8-9,11-13H,4,7,10H2,1-3H3,(H,30,31). The van der Waals surface area contributed by atoms with Crippen LogP contribution in [0.1, 0.15) is 41.5 Å². The van der Waals surface area contributed by atoms with Gasteiger partial charge in [0, 0.05) is 12.6 Å². The van der Waals surface area contributed by atoms with Crippen molar-refractivity contribution in [2.24, 2.45) is 0 Å². The van der Waals surface area contributed by atoms with Gasteiger partial charge in [0.05, 0.1) is 54.3 Å². The van der Waals surface area contributed by atoms with Crippen LogP contribution in [0, 0.1) is 0 Å². The number of carbonyl (C=O) groups excluding carboxylic acids is 1. The van der Waals surface area contributed by atoms with Gasteiger partial charge in [-0.1, -0.05) is 0 Å². The van der Waals surface area contributed by atoms with E-state index in [0.29, 0.717) is 47.9 Å². The van der Waals surface area contributed by atoms with Crippen LogP contribution in [0.3, 0.4) is 0 Å². The number of methoxy groups -OCH3 is 2. The minimum Gasteiger partial charge on any atom is -0.493 e. The molecule has 2 aromatic heterocycles. The largest absolute Gasteiger partial charge is 0.493 e. The third-order valence-electron chi connectivity index (χ3n) is 6.57. The summed E-state index contributed by atoms with van der Waals surface area (Å²) in [5.74, 6) is 0.867. The normalized spacial score (nSPS) is 18.1. The van der Waals surface area contributed by atoms with E-state index >= 15 is 0 Å². The lowest BCUT2D eigenvalue weighted by atomic mass is 9.97. The SMILES string of the molecule is COc1cc(C(=O)N2CCCC2(C)c2nc3ccc(C(F)(F)F)cc3[nH]2)c(-n2nccn2)cc1OC. The number of H-pyrrole nitrogens is 1. The molecule has 1 unspecified atom stereocenters. The van der Waals surface area contributed by atoms with Crippen molar-refractivity contribution in [2.45, 2.75) is 31.5 Å². The Hall–Kier alpha value is -4.09. The fourth-order valence-corrected chi connectivity index (χ4v) is 4.67. The summed E-state index contributed by atoms with van der Waals surface area (Å²) in [6.07, 6.45) is -0.213. The number of aromatic amines is 1. The highest BCUT2D eigenvalue weighted by Gasteiger charge is 2.44. The average Bonchev–Trinajstić information content (AvgIpc) is 3.61. The molecule has 1 atom stereocenters. The molecule has 0 bridgehead atoms. The Kier molecular flexibility index (Phi) is 5.61. The number of nitrogens with one attached hydrogen (secondary N) is 1. The Bertz CT molecular complexity index is 1430. The van der Waals surface area contributed by atoms with Crippen molar-refractivity contribution >= 4 is 16.9 Å². The van der Waals surface area contributed by atoms with Gasteiger partial charge in [-0.05, 0) is 44.0 Å². The number of fused-ring (bicyclic) bond motifs is 1. The number of benzene rings is 2. The molecule has 1 aliphatic heterocycles. The van der Waals surface area contributed by atoms with Crippen LogP contribution >= 0.6 is 0 Å². The van der Waals surface area contributed by atoms with E-state index in [2.05, 4.69) is 20.2 Å². The first kappa shape index (κ1) is 23.6. The minimum absolute atomic E-state index is 0.257. The molecule has 1 N–H and O–H groups in total. The van der Waals surface area contributed by atoms with E-state index in [1.54, 1.807) is 17.0 Å². The van der Waals surface area contributed by atoms with Gasteiger partial charge in [-0.15, -0.1) is 0 Å². The van der Waals surface area contributed by atoms with Crippen LogP contribution in [-0.2, 0) is 11.7 Å². The third-order valence-corrected chi connectivity index (χ3v) is 6.57. The van der Waals surface area contributed by atoms with E-state index < -0.39 is 17.3 Å². The van der Waals surface area contributed by atoms with Gasteiger partial charge in [0.1, 0.15) is 11.5 Å². The maximum absolute atomic E-state index is 14.0. The second kappa shape index (κ2) is 8.54. The molecule has 12 heteroatoms. The zero-order valence-electron chi connectivity index (χ0n) is 19.8. The maximum Gasteiger partial charge on any atom is 0.416 e. The van der Waals surface area contributed by atoms with E-state index in [4.69, 9.17) is 9.47 Å². The van der Waals surface area contributed by atoms with Crippen molar-refractivity contribution in [3.05, 3.63) is 59.7 Å². The van der Waals surface area contributed by atoms with E-state index in [0.717, 1.165) is 12.1 Å². The maximum atomic E-state index is 14.0. The average molecular weight is 500 g/mol. The topological polar surface area (TPSA) is 98.2 Å². The molecule has 36 heavy (non-hydrogen) atoms. The molecule has 0 aliphatic carbocycles. The van der Waals surface area contributed by atoms with Crippen molar-refractivity contribution in [1.29, 1.82) is 0 Å². The number of alkyl halides is 3. The fraction of sp³-hybridized carbons (Fsp3) is 0.333. The third kappa shape index (κ3) is 3.82. The number of carbonyl (C=O) groups is 1. The molecular weight excluding hydrogens is 477 g/mol. The van der Waals surface area contributed by atoms with Crippen molar-refractivity contribution in [1.82, 2.24) is 29.9 Å². The van der Waals surface area contributed by atoms with Gasteiger partial charge >= 0.3 is 6.18 Å². The summed E-state index contributed by atoms with van der Waals surface area (Å²) in [5, 5.41) is 8.33. The quantitative estimate of drug-likeness (QED) is 0.438. The van der Waals surface area contributed by atoms with Gasteiger partial charge in [0.2, 0.25) is 0 Å². The van der Waals surface area contributed by atoms with Crippen LogP contribution in [0.5, 0.6) is 11.5 Å². The predicted octanol–water partition coefficient (Wildman–Crippen LogP) is 4.33. The molecule has 5 rings (SSSR count). The van der Waals surface area contributed by atoms with Crippen LogP contribution in [0.2, 0.25) is 0 Å². The molecule has 1 amide bonds. The van der Waals surface area contributed by atoms with E-state index in [9.17, 15) is 18.0 Å². The molecule has 0 spiro atoms. The zero-order valence-corrected chi connectivity index (χ0v) is 19.8. The van der Waals surface area contributed by atoms with E-state index in [1.807, 2.05) is 6.92 Å². The molecule has 9 nitrogen and oxygen atoms in total. The Balaban J connectivity index is 1.58. The first-order chi connectivity index (χ1) is 17.2. The van der Waals surface area contributed by atoms with E-state index in [-0.39, 0.29) is 17.0 Å². The Morgan fingerprint density at radius 3 is 2.44 bits per heavy atom. The van der Waals surface area contributed by atoms with Gasteiger partial charge < -0.3 is 19.4 Å². The lowest BCUT2D eigenvalue weighted by molar-refractivity contribution is -0.137. The van der Waals surface area contributed by atoms with Crippen molar-refractivity contribution in [3.63, 3.8) is 0 Å². The number of aromatic nitrogens is 5. The summed E-state index contributed by atoms with van der Waals surface area (Å²) in [6.45, 7) is 2.29. The van der Waals surface area contributed by atoms with Crippen LogP contribution in [0.15, 0.2) is 42.7 Å². The Morgan fingerprint density at radius 2 is 1.78 bits per heavy atom. The van der Waals surface area contributed by atoms with Crippen molar-refractivity contribution in [3.8, 4) is 17.2 Å². The summed E-state index contributed by atoms with van der Waals surface area (Å²) >= 11 is 0. The van der Waals surface area contributed by atoms with Crippen molar-refractivity contribution < 1.29 is 27.4 Å². The summed E-state index contributed by atoms with van der Waals surface area (Å²) < 4.78 is 50.4. The molecule has 1 aliphatic rings. The van der Waals surface area contributed by atoms with Gasteiger partial charge in [-0.3, -0.25) is 4.79 Å². The van der Waals surface area contributed by atoms with E-state index in [1.165, 1.54) is 37.5 Å². The number of imidazole rings is 1. The highest BCUT2D eigenvalue weighted by atomic mass is 19.4. The van der Waals surface area contributed by atoms with Gasteiger partial charge in [0.15, 0.2) is 11.5 Å². The van der Waals surface area contributed by atoms with Crippen LogP contribution in [0.25, 0.3) is 16.7 Å². The number of amides is 1. The van der Waals surface area contributed by atoms with Crippen LogP contribution < -0.4 is 9.47 Å². The number of rotatable bonds is 5. The Morgan fingerprint density at radius 1 is 1.08 bits per heavy atom. The van der Waals surface area contributed by atoms with Gasteiger partial charge in [-0.25, -0.2) is 4.98 Å². The molecule has 1 fully saturated rings. The smallest absolute Gasteiger partial charge is 0.416 e. The molecule has 1 saturated heterocycles. The monoisotopic (exact) mass is 500 g/mol. The molecule has 0 radical (unpaired) electrons. The number of ether oxygens (including phenoxy) is 2. The fourth-order valence-electron chi connectivity index (χ4n) is 4.67. The molecule has 3 heterocycles.